The molecule has 9 heteroatoms. The summed E-state index contributed by atoms with van der Waals surface area (Å²) in [5, 5.41) is 0. The van der Waals surface area contributed by atoms with Gasteiger partial charge >= 0.3 is 5.69 Å². The first-order valence-corrected chi connectivity index (χ1v) is 10.1. The fourth-order valence-electron chi connectivity index (χ4n) is 2.91. The molecule has 0 saturated heterocycles. The van der Waals surface area contributed by atoms with E-state index < -0.39 is 0 Å². The standard InChI is InChI=1S/C19H24N4O4S/c1-21-13-20-17-16(21)18(24)23(19(25)22(17)2)9-4-11-28-12-10-27-15-7-5-14(26-3)6-8-15/h5-8,13H,4,9-12H2,1-3H3. The van der Waals surface area contributed by atoms with Crippen molar-refractivity contribution >= 4 is 22.9 Å². The average molecular weight is 404 g/mol. The summed E-state index contributed by atoms with van der Waals surface area (Å²) in [5.74, 6) is 3.28. The number of methoxy groups -OCH3 is 1. The zero-order valence-electron chi connectivity index (χ0n) is 16.3. The second-order valence-electron chi connectivity index (χ2n) is 6.32. The monoisotopic (exact) mass is 404 g/mol. The van der Waals surface area contributed by atoms with Crippen molar-refractivity contribution in [2.24, 2.45) is 14.1 Å². The summed E-state index contributed by atoms with van der Waals surface area (Å²) in [6.07, 6.45) is 2.28. The molecule has 2 heterocycles. The summed E-state index contributed by atoms with van der Waals surface area (Å²) in [5.41, 5.74) is 0.247. The van der Waals surface area contributed by atoms with Gasteiger partial charge in [-0.05, 0) is 36.4 Å². The van der Waals surface area contributed by atoms with E-state index in [2.05, 4.69) is 4.98 Å². The minimum atomic E-state index is -0.330. The summed E-state index contributed by atoms with van der Waals surface area (Å²) < 4.78 is 15.2. The van der Waals surface area contributed by atoms with E-state index in [0.717, 1.165) is 29.4 Å². The summed E-state index contributed by atoms with van der Waals surface area (Å²) in [6, 6.07) is 7.47. The lowest BCUT2D eigenvalue weighted by atomic mass is 10.3. The molecular weight excluding hydrogens is 380 g/mol. The highest BCUT2D eigenvalue weighted by atomic mass is 32.2. The number of hydrogen-bond acceptors (Lipinski definition) is 6. The molecule has 0 aliphatic carbocycles. The number of hydrogen-bond donors (Lipinski definition) is 0. The predicted molar refractivity (Wildman–Crippen MR) is 111 cm³/mol. The van der Waals surface area contributed by atoms with Crippen LogP contribution in [0.15, 0.2) is 40.2 Å². The molecule has 3 rings (SSSR count). The van der Waals surface area contributed by atoms with E-state index in [9.17, 15) is 9.59 Å². The maximum atomic E-state index is 12.6. The number of ether oxygens (including phenoxy) is 2. The van der Waals surface area contributed by atoms with Crippen LogP contribution in [0.5, 0.6) is 11.5 Å². The molecule has 8 nitrogen and oxygen atoms in total. The number of aromatic nitrogens is 4. The maximum absolute atomic E-state index is 12.6. The Morgan fingerprint density at radius 2 is 1.79 bits per heavy atom. The van der Waals surface area contributed by atoms with Gasteiger partial charge in [-0.15, -0.1) is 0 Å². The minimum Gasteiger partial charge on any atom is -0.497 e. The minimum absolute atomic E-state index is 0.286. The highest BCUT2D eigenvalue weighted by molar-refractivity contribution is 7.99. The first-order valence-electron chi connectivity index (χ1n) is 8.98. The Morgan fingerprint density at radius 3 is 2.50 bits per heavy atom. The van der Waals surface area contributed by atoms with Gasteiger partial charge in [-0.3, -0.25) is 13.9 Å². The molecule has 0 unspecified atom stereocenters. The smallest absolute Gasteiger partial charge is 0.332 e. The Labute approximate surface area is 166 Å². The molecule has 0 radical (unpaired) electrons. The number of nitrogens with zero attached hydrogens (tertiary/aromatic N) is 4. The van der Waals surface area contributed by atoms with Gasteiger partial charge in [0.15, 0.2) is 11.2 Å². The van der Waals surface area contributed by atoms with Crippen LogP contribution in [0.3, 0.4) is 0 Å². The zero-order chi connectivity index (χ0) is 20.1. The van der Waals surface area contributed by atoms with E-state index >= 15 is 0 Å². The van der Waals surface area contributed by atoms with Crippen molar-refractivity contribution in [1.82, 2.24) is 18.7 Å². The molecule has 0 spiro atoms. The van der Waals surface area contributed by atoms with E-state index in [1.165, 1.54) is 9.13 Å². The molecule has 150 valence electrons. The maximum Gasteiger partial charge on any atom is 0.332 e. The highest BCUT2D eigenvalue weighted by Gasteiger charge is 2.14. The molecule has 3 aromatic rings. The normalized spacial score (nSPS) is 11.1. The van der Waals surface area contributed by atoms with Crippen molar-refractivity contribution in [3.8, 4) is 11.5 Å². The van der Waals surface area contributed by atoms with Crippen molar-refractivity contribution in [1.29, 1.82) is 0 Å². The van der Waals surface area contributed by atoms with Crippen molar-refractivity contribution in [3.05, 3.63) is 51.4 Å². The fourth-order valence-corrected chi connectivity index (χ4v) is 3.65. The van der Waals surface area contributed by atoms with Crippen LogP contribution in [0.2, 0.25) is 0 Å². The van der Waals surface area contributed by atoms with Crippen molar-refractivity contribution in [2.75, 3.05) is 25.2 Å². The zero-order valence-corrected chi connectivity index (χ0v) is 17.1. The molecule has 0 atom stereocenters. The second-order valence-corrected chi connectivity index (χ2v) is 7.54. The molecule has 0 amide bonds. The highest BCUT2D eigenvalue weighted by Crippen LogP contribution is 2.17. The van der Waals surface area contributed by atoms with Crippen LogP contribution in [-0.2, 0) is 20.6 Å². The molecule has 0 fully saturated rings. The lowest BCUT2D eigenvalue weighted by Gasteiger charge is -2.09. The van der Waals surface area contributed by atoms with Gasteiger partial charge < -0.3 is 14.0 Å². The van der Waals surface area contributed by atoms with Crippen molar-refractivity contribution < 1.29 is 9.47 Å². The van der Waals surface area contributed by atoms with Gasteiger partial charge in [-0.25, -0.2) is 9.78 Å². The predicted octanol–water partition coefficient (Wildman–Crippen LogP) is 1.64. The van der Waals surface area contributed by atoms with Gasteiger partial charge in [-0.2, -0.15) is 11.8 Å². The molecule has 0 bridgehead atoms. The molecule has 0 saturated carbocycles. The summed E-state index contributed by atoms with van der Waals surface area (Å²) in [6.45, 7) is 0.985. The van der Waals surface area contributed by atoms with Crippen LogP contribution < -0.4 is 20.7 Å². The number of benzene rings is 1. The van der Waals surface area contributed by atoms with Gasteiger partial charge in [0, 0.05) is 26.4 Å². The van der Waals surface area contributed by atoms with Crippen LogP contribution in [0.25, 0.3) is 11.2 Å². The molecular formula is C19H24N4O4S. The topological polar surface area (TPSA) is 80.3 Å². The van der Waals surface area contributed by atoms with E-state index in [1.807, 2.05) is 24.3 Å². The third-order valence-corrected chi connectivity index (χ3v) is 5.46. The molecule has 0 N–H and O–H groups in total. The average Bonchev–Trinajstić information content (AvgIpc) is 3.10. The molecule has 1 aromatic carbocycles. The largest absolute Gasteiger partial charge is 0.497 e. The summed E-state index contributed by atoms with van der Waals surface area (Å²) >= 11 is 1.73. The van der Waals surface area contributed by atoms with Gasteiger partial charge in [0.1, 0.15) is 11.5 Å². The van der Waals surface area contributed by atoms with E-state index in [4.69, 9.17) is 9.47 Å². The first-order chi connectivity index (χ1) is 13.5. The number of thioether (sulfide) groups is 1. The van der Waals surface area contributed by atoms with E-state index in [0.29, 0.717) is 24.3 Å². The Morgan fingerprint density at radius 1 is 1.07 bits per heavy atom. The van der Waals surface area contributed by atoms with Gasteiger partial charge in [0.25, 0.3) is 5.56 Å². The number of imidazole rings is 1. The van der Waals surface area contributed by atoms with Gasteiger partial charge in [0.05, 0.1) is 20.0 Å². The number of rotatable bonds is 9. The quantitative estimate of drug-likeness (QED) is 0.505. The van der Waals surface area contributed by atoms with Crippen LogP contribution in [0, 0.1) is 0 Å². The fraction of sp³-hybridized carbons (Fsp3) is 0.421. The Balaban J connectivity index is 1.47. The van der Waals surface area contributed by atoms with Gasteiger partial charge in [0.2, 0.25) is 0 Å². The van der Waals surface area contributed by atoms with Crippen LogP contribution in [0.4, 0.5) is 0 Å². The third-order valence-electron chi connectivity index (χ3n) is 4.43. The van der Waals surface area contributed by atoms with Crippen LogP contribution in [0.1, 0.15) is 6.42 Å². The first kappa shape index (κ1) is 20.1. The lowest BCUT2D eigenvalue weighted by Crippen LogP contribution is -2.39. The molecule has 0 aliphatic rings. The Kier molecular flexibility index (Phi) is 6.45. The third kappa shape index (κ3) is 4.24. The van der Waals surface area contributed by atoms with E-state index in [1.54, 1.807) is 43.9 Å². The van der Waals surface area contributed by atoms with Crippen LogP contribution >= 0.6 is 11.8 Å². The SMILES string of the molecule is COc1ccc(OCCSCCCn2c(=O)c3c(ncn3C)n(C)c2=O)cc1. The van der Waals surface area contributed by atoms with Gasteiger partial charge in [-0.1, -0.05) is 0 Å². The molecule has 28 heavy (non-hydrogen) atoms. The van der Waals surface area contributed by atoms with Crippen molar-refractivity contribution in [2.45, 2.75) is 13.0 Å². The van der Waals surface area contributed by atoms with Crippen LogP contribution in [-0.4, -0.2) is 43.9 Å². The van der Waals surface area contributed by atoms with E-state index in [-0.39, 0.29) is 11.2 Å². The Hall–Kier alpha value is -2.68. The molecule has 2 aromatic heterocycles. The summed E-state index contributed by atoms with van der Waals surface area (Å²) in [4.78, 5) is 29.2. The second kappa shape index (κ2) is 9.01. The number of aryl methyl sites for hydroxylation is 2. The summed E-state index contributed by atoms with van der Waals surface area (Å²) in [7, 11) is 5.02. The molecule has 0 aliphatic heterocycles. The number of fused-ring (bicyclic) bond motifs is 1. The lowest BCUT2D eigenvalue weighted by molar-refractivity contribution is 0.342. The Bertz CT molecular complexity index is 1050. The van der Waals surface area contributed by atoms with Crippen molar-refractivity contribution in [3.63, 3.8) is 0 Å².